The first kappa shape index (κ1) is 12.5. The Kier molecular flexibility index (Phi) is 3.44. The summed E-state index contributed by atoms with van der Waals surface area (Å²) in [5, 5.41) is 13.6. The summed E-state index contributed by atoms with van der Waals surface area (Å²) < 4.78 is 6.84. The number of benzene rings is 2. The fourth-order valence-corrected chi connectivity index (χ4v) is 3.25. The number of fused-ring (bicyclic) bond motifs is 1. The highest BCUT2D eigenvalue weighted by atomic mass is 79.9. The summed E-state index contributed by atoms with van der Waals surface area (Å²) in [5.74, 6) is 1.08. The average Bonchev–Trinajstić information content (AvgIpc) is 2.81. The molecule has 96 valence electrons. The summed E-state index contributed by atoms with van der Waals surface area (Å²) in [6.45, 7) is 0.556. The lowest BCUT2D eigenvalue weighted by Crippen LogP contribution is -1.92. The van der Waals surface area contributed by atoms with Crippen LogP contribution in [-0.2, 0) is 6.61 Å². The number of rotatable bonds is 3. The van der Waals surface area contributed by atoms with Crippen molar-refractivity contribution in [3.05, 3.63) is 57.2 Å². The van der Waals surface area contributed by atoms with E-state index in [-0.39, 0.29) is 5.75 Å². The van der Waals surface area contributed by atoms with Crippen LogP contribution in [0.2, 0.25) is 0 Å². The Morgan fingerprint density at radius 3 is 2.68 bits per heavy atom. The van der Waals surface area contributed by atoms with Gasteiger partial charge in [0.2, 0.25) is 0 Å². The van der Waals surface area contributed by atoms with Crippen LogP contribution in [-0.4, -0.2) is 5.11 Å². The van der Waals surface area contributed by atoms with Crippen molar-refractivity contribution in [3.63, 3.8) is 0 Å². The van der Waals surface area contributed by atoms with Crippen LogP contribution in [0.1, 0.15) is 4.88 Å². The molecule has 0 radical (unpaired) electrons. The Morgan fingerprint density at radius 1 is 1.05 bits per heavy atom. The second kappa shape index (κ2) is 5.23. The van der Waals surface area contributed by atoms with Crippen molar-refractivity contribution in [2.24, 2.45) is 0 Å². The van der Waals surface area contributed by atoms with Gasteiger partial charge < -0.3 is 9.84 Å². The molecular formula is C15H11BrO2S. The minimum Gasteiger partial charge on any atom is -0.508 e. The molecule has 0 atom stereocenters. The first-order valence-corrected chi connectivity index (χ1v) is 7.46. The van der Waals surface area contributed by atoms with Crippen LogP contribution in [0.25, 0.3) is 10.8 Å². The fraction of sp³-hybridized carbons (Fsp3) is 0.0667. The van der Waals surface area contributed by atoms with Crippen LogP contribution in [0.4, 0.5) is 0 Å². The van der Waals surface area contributed by atoms with Gasteiger partial charge in [0.15, 0.2) is 0 Å². The summed E-state index contributed by atoms with van der Waals surface area (Å²) in [6.07, 6.45) is 0. The minimum absolute atomic E-state index is 0.270. The van der Waals surface area contributed by atoms with Gasteiger partial charge in [-0.25, -0.2) is 0 Å². The number of phenols is 1. The molecule has 0 aliphatic carbocycles. The molecule has 0 aliphatic rings. The molecule has 19 heavy (non-hydrogen) atoms. The molecule has 0 fully saturated rings. The van der Waals surface area contributed by atoms with E-state index in [1.165, 1.54) is 4.88 Å². The summed E-state index contributed by atoms with van der Waals surface area (Å²) in [7, 11) is 0. The number of aromatic hydroxyl groups is 1. The number of ether oxygens (including phenoxy) is 1. The molecule has 4 heteroatoms. The van der Waals surface area contributed by atoms with Gasteiger partial charge in [0, 0.05) is 14.7 Å². The van der Waals surface area contributed by atoms with Crippen LogP contribution < -0.4 is 4.74 Å². The second-order valence-corrected chi connectivity index (χ2v) is 6.12. The SMILES string of the molecule is Oc1ccc2ccc(OCc3cc(Br)cs3)cc2c1. The lowest BCUT2D eigenvalue weighted by molar-refractivity contribution is 0.310. The smallest absolute Gasteiger partial charge is 0.122 e. The van der Waals surface area contributed by atoms with Gasteiger partial charge in [0.05, 0.1) is 0 Å². The molecule has 2 nitrogen and oxygen atoms in total. The van der Waals surface area contributed by atoms with E-state index in [9.17, 15) is 5.11 Å². The molecule has 1 N–H and O–H groups in total. The first-order chi connectivity index (χ1) is 9.20. The number of hydrogen-bond acceptors (Lipinski definition) is 3. The predicted octanol–water partition coefficient (Wildman–Crippen LogP) is 4.95. The van der Waals surface area contributed by atoms with Crippen molar-refractivity contribution in [3.8, 4) is 11.5 Å². The molecule has 0 saturated carbocycles. The zero-order valence-electron chi connectivity index (χ0n) is 9.97. The Bertz CT molecular complexity index is 721. The highest BCUT2D eigenvalue weighted by Crippen LogP contribution is 2.26. The van der Waals surface area contributed by atoms with Crippen LogP contribution in [0.5, 0.6) is 11.5 Å². The molecule has 0 spiro atoms. The predicted molar refractivity (Wildman–Crippen MR) is 82.0 cm³/mol. The van der Waals surface area contributed by atoms with E-state index in [0.29, 0.717) is 6.61 Å². The van der Waals surface area contributed by atoms with Gasteiger partial charge in [-0.15, -0.1) is 11.3 Å². The summed E-state index contributed by atoms with van der Waals surface area (Å²) in [4.78, 5) is 1.17. The highest BCUT2D eigenvalue weighted by Gasteiger charge is 2.01. The van der Waals surface area contributed by atoms with E-state index in [2.05, 4.69) is 22.0 Å². The standard InChI is InChI=1S/C15H11BrO2S/c16-12-7-15(19-9-12)8-18-14-4-2-10-1-3-13(17)5-11(10)6-14/h1-7,9,17H,8H2. The second-order valence-electron chi connectivity index (χ2n) is 4.21. The maximum atomic E-state index is 9.49. The van der Waals surface area contributed by atoms with Gasteiger partial charge >= 0.3 is 0 Å². The van der Waals surface area contributed by atoms with Crippen LogP contribution in [0, 0.1) is 0 Å². The number of thiophene rings is 1. The fourth-order valence-electron chi connectivity index (χ4n) is 1.89. The van der Waals surface area contributed by atoms with E-state index in [0.717, 1.165) is 21.0 Å². The molecule has 1 heterocycles. The molecule has 0 unspecified atom stereocenters. The number of halogens is 1. The van der Waals surface area contributed by atoms with E-state index in [1.807, 2.05) is 29.6 Å². The molecule has 3 rings (SSSR count). The Labute approximate surface area is 123 Å². The molecule has 3 aromatic rings. The van der Waals surface area contributed by atoms with Crippen molar-refractivity contribution in [2.75, 3.05) is 0 Å². The van der Waals surface area contributed by atoms with Crippen LogP contribution in [0.15, 0.2) is 52.3 Å². The number of hydrogen-bond donors (Lipinski definition) is 1. The van der Waals surface area contributed by atoms with Gasteiger partial charge in [-0.1, -0.05) is 12.1 Å². The third kappa shape index (κ3) is 2.91. The molecule has 0 saturated heterocycles. The average molecular weight is 335 g/mol. The topological polar surface area (TPSA) is 29.5 Å². The molecule has 0 bridgehead atoms. The third-order valence-electron chi connectivity index (χ3n) is 2.80. The van der Waals surface area contributed by atoms with Crippen molar-refractivity contribution in [1.29, 1.82) is 0 Å². The Hall–Kier alpha value is -1.52. The molecule has 1 aromatic heterocycles. The molecule has 0 aliphatic heterocycles. The lowest BCUT2D eigenvalue weighted by atomic mass is 10.1. The van der Waals surface area contributed by atoms with Crippen molar-refractivity contribution in [2.45, 2.75) is 6.61 Å². The van der Waals surface area contributed by atoms with E-state index < -0.39 is 0 Å². The monoisotopic (exact) mass is 334 g/mol. The van der Waals surface area contributed by atoms with E-state index in [1.54, 1.807) is 23.5 Å². The van der Waals surface area contributed by atoms with Gasteiger partial charge in [0.25, 0.3) is 0 Å². The van der Waals surface area contributed by atoms with Crippen molar-refractivity contribution >= 4 is 38.0 Å². The van der Waals surface area contributed by atoms with Gasteiger partial charge in [-0.05, 0) is 57.0 Å². The van der Waals surface area contributed by atoms with E-state index in [4.69, 9.17) is 4.74 Å². The normalized spacial score (nSPS) is 10.8. The largest absolute Gasteiger partial charge is 0.508 e. The summed E-state index contributed by atoms with van der Waals surface area (Å²) in [6, 6.07) is 13.3. The maximum absolute atomic E-state index is 9.49. The van der Waals surface area contributed by atoms with E-state index >= 15 is 0 Å². The maximum Gasteiger partial charge on any atom is 0.122 e. The minimum atomic E-state index is 0.270. The third-order valence-corrected chi connectivity index (χ3v) is 4.47. The molecule has 2 aromatic carbocycles. The van der Waals surface area contributed by atoms with Gasteiger partial charge in [-0.2, -0.15) is 0 Å². The molecular weight excluding hydrogens is 324 g/mol. The Balaban J connectivity index is 1.81. The van der Waals surface area contributed by atoms with Gasteiger partial charge in [0.1, 0.15) is 18.1 Å². The van der Waals surface area contributed by atoms with Crippen molar-refractivity contribution in [1.82, 2.24) is 0 Å². The summed E-state index contributed by atoms with van der Waals surface area (Å²) in [5.41, 5.74) is 0. The highest BCUT2D eigenvalue weighted by molar-refractivity contribution is 9.10. The summed E-state index contributed by atoms with van der Waals surface area (Å²) >= 11 is 5.09. The zero-order valence-corrected chi connectivity index (χ0v) is 12.4. The lowest BCUT2D eigenvalue weighted by Gasteiger charge is -2.06. The quantitative estimate of drug-likeness (QED) is 0.734. The zero-order chi connectivity index (χ0) is 13.2. The number of phenolic OH excluding ortho intramolecular Hbond substituents is 1. The van der Waals surface area contributed by atoms with Crippen LogP contribution >= 0.6 is 27.3 Å². The van der Waals surface area contributed by atoms with Gasteiger partial charge in [-0.3, -0.25) is 0 Å². The van der Waals surface area contributed by atoms with Crippen molar-refractivity contribution < 1.29 is 9.84 Å². The Morgan fingerprint density at radius 2 is 1.89 bits per heavy atom. The molecule has 0 amide bonds. The first-order valence-electron chi connectivity index (χ1n) is 5.79. The van der Waals surface area contributed by atoms with Crippen LogP contribution in [0.3, 0.4) is 0 Å².